The van der Waals surface area contributed by atoms with Crippen molar-refractivity contribution < 1.29 is 19.2 Å². The second kappa shape index (κ2) is 31.9. The summed E-state index contributed by atoms with van der Waals surface area (Å²) in [5, 5.41) is -1.06. The molecule has 0 heterocycles. The van der Waals surface area contributed by atoms with E-state index >= 15 is 9.59 Å². The van der Waals surface area contributed by atoms with Gasteiger partial charge in [0.2, 0.25) is 0 Å². The molecular weight excluding hydrogens is 884 g/mol. The average Bonchev–Trinajstić information content (AvgIpc) is 3.29. The third kappa shape index (κ3) is 21.8. The average molecular weight is 976 g/mol. The van der Waals surface area contributed by atoms with Gasteiger partial charge in [-0.05, 0) is 108 Å². The zero-order valence-electron chi connectivity index (χ0n) is 44.1. The van der Waals surface area contributed by atoms with Gasteiger partial charge in [-0.1, -0.05) is 219 Å². The van der Waals surface area contributed by atoms with Crippen LogP contribution in [0.1, 0.15) is 232 Å². The number of unbranched alkanes of at least 4 members (excludes halogenated alkanes) is 18. The summed E-state index contributed by atoms with van der Waals surface area (Å²) in [6.07, 6.45) is 26.3. The van der Waals surface area contributed by atoms with E-state index in [2.05, 4.69) is 104 Å². The van der Waals surface area contributed by atoms with Crippen LogP contribution < -0.4 is 0 Å². The summed E-state index contributed by atoms with van der Waals surface area (Å²) in [7, 11) is 0. The monoisotopic (exact) mass is 975 g/mol. The topological polar surface area (TPSA) is 74.8 Å². The van der Waals surface area contributed by atoms with Crippen LogP contribution in [0.4, 0.5) is 9.59 Å². The quantitative estimate of drug-likeness (QED) is 0.0303. The number of carbonyl (C=O) groups is 4. The first-order valence-electron chi connectivity index (χ1n) is 27.1. The molecule has 2 aromatic rings. The largest absolute Gasteiger partial charge is 0.329 e. The standard InChI is InChI=1S/C60H92Cl2N2O4/c1-9-11-13-15-17-19-21-23-25-27-43-63(57(61)67)45-41-53-51(39-33-47-29-35-49(36-30-47)59(3,4)5)56(66)54(52(55(53)65)40-34-48-31-37-50(38-32-48)60(6,7)8)42-46-64(58(62)68)44-28-26-24-22-20-18-16-14-12-10-2/h29-32,35-38H,9-28,33-34,39-46H2,1-8H3. The number of carbonyl (C=O) groups excluding carboxylic acids is 4. The zero-order valence-corrected chi connectivity index (χ0v) is 45.6. The summed E-state index contributed by atoms with van der Waals surface area (Å²) in [6.45, 7) is 19.2. The Morgan fingerprint density at radius 2 is 0.647 bits per heavy atom. The SMILES string of the molecule is CCCCCCCCCCCCN(CCC1=C(CCc2ccc(C(C)(C)C)cc2)C(=O)C(CCN(CCCCCCCCCCCC)C(=O)Cl)=C(CCc2ccc(C(C)(C)C)cc2)C1=O)C(=O)Cl. The molecule has 0 fully saturated rings. The van der Waals surface area contributed by atoms with Crippen molar-refractivity contribution in [1.82, 2.24) is 9.80 Å². The number of allylic oxidation sites excluding steroid dienone is 2. The van der Waals surface area contributed by atoms with E-state index in [1.54, 1.807) is 9.80 Å². The highest BCUT2D eigenvalue weighted by Gasteiger charge is 2.34. The molecule has 0 aliphatic heterocycles. The number of ketones is 2. The molecule has 0 N–H and O–H groups in total. The number of amides is 2. The van der Waals surface area contributed by atoms with Gasteiger partial charge in [-0.3, -0.25) is 19.2 Å². The first kappa shape index (κ1) is 59.1. The number of halogens is 2. The van der Waals surface area contributed by atoms with Crippen LogP contribution in [-0.4, -0.2) is 58.3 Å². The fourth-order valence-corrected chi connectivity index (χ4v) is 9.84. The van der Waals surface area contributed by atoms with Crippen LogP contribution in [0, 0.1) is 0 Å². The van der Waals surface area contributed by atoms with Crippen LogP contribution in [0.3, 0.4) is 0 Å². The van der Waals surface area contributed by atoms with E-state index in [1.165, 1.54) is 101 Å². The van der Waals surface area contributed by atoms with Gasteiger partial charge < -0.3 is 9.80 Å². The van der Waals surface area contributed by atoms with Crippen LogP contribution in [0.15, 0.2) is 70.8 Å². The maximum absolute atomic E-state index is 15.1. The van der Waals surface area contributed by atoms with Gasteiger partial charge in [0.15, 0.2) is 11.6 Å². The smallest absolute Gasteiger partial charge is 0.316 e. The Morgan fingerprint density at radius 3 is 0.912 bits per heavy atom. The number of benzene rings is 2. The summed E-state index contributed by atoms with van der Waals surface area (Å²) in [6, 6.07) is 17.1. The summed E-state index contributed by atoms with van der Waals surface area (Å²) in [5.74, 6) is -0.244. The van der Waals surface area contributed by atoms with Crippen molar-refractivity contribution in [3.63, 3.8) is 0 Å². The lowest BCUT2D eigenvalue weighted by Crippen LogP contribution is -2.33. The molecular formula is C60H92Cl2N2O4. The second-order valence-corrected chi connectivity index (χ2v) is 22.5. The minimum atomic E-state index is -0.528. The molecule has 0 bridgehead atoms. The number of Topliss-reactive ketones (excluding diaryl/α,β-unsaturated/α-hetero) is 2. The fraction of sp³-hybridized carbons (Fsp3) is 0.667. The molecule has 1 aliphatic carbocycles. The molecule has 0 radical (unpaired) electrons. The van der Waals surface area contributed by atoms with Crippen LogP contribution in [0.5, 0.6) is 0 Å². The Labute approximate surface area is 424 Å². The van der Waals surface area contributed by atoms with E-state index in [0.717, 1.165) is 49.7 Å². The molecule has 8 heteroatoms. The highest BCUT2D eigenvalue weighted by molar-refractivity contribution is 6.63. The van der Waals surface area contributed by atoms with Crippen molar-refractivity contribution in [1.29, 1.82) is 0 Å². The molecule has 1 aliphatic rings. The van der Waals surface area contributed by atoms with E-state index in [-0.39, 0.29) is 48.3 Å². The molecule has 2 aromatic carbocycles. The molecule has 0 saturated heterocycles. The third-order valence-corrected chi connectivity index (χ3v) is 14.6. The van der Waals surface area contributed by atoms with Crippen LogP contribution in [0.2, 0.25) is 0 Å². The lowest BCUT2D eigenvalue weighted by Gasteiger charge is -2.28. The first-order chi connectivity index (χ1) is 32.5. The van der Waals surface area contributed by atoms with Crippen molar-refractivity contribution in [3.8, 4) is 0 Å². The Kier molecular flexibility index (Phi) is 27.7. The molecule has 0 atom stereocenters. The van der Waals surface area contributed by atoms with Crippen molar-refractivity contribution in [2.45, 2.75) is 233 Å². The molecule has 0 saturated carbocycles. The van der Waals surface area contributed by atoms with Crippen LogP contribution in [0.25, 0.3) is 0 Å². The summed E-state index contributed by atoms with van der Waals surface area (Å²) in [5.41, 5.74) is 6.68. The van der Waals surface area contributed by atoms with Gasteiger partial charge in [0, 0.05) is 48.5 Å². The Morgan fingerprint density at radius 1 is 0.382 bits per heavy atom. The Bertz CT molecular complexity index is 1750. The van der Waals surface area contributed by atoms with Gasteiger partial charge in [0.05, 0.1) is 0 Å². The number of hydrogen-bond donors (Lipinski definition) is 0. The lowest BCUT2D eigenvalue weighted by molar-refractivity contribution is -0.117. The number of nitrogens with zero attached hydrogens (tertiary/aromatic N) is 2. The lowest BCUT2D eigenvalue weighted by atomic mass is 9.77. The summed E-state index contributed by atoms with van der Waals surface area (Å²) >= 11 is 12.5. The van der Waals surface area contributed by atoms with E-state index in [1.807, 2.05) is 0 Å². The molecule has 2 amide bonds. The fourth-order valence-electron chi connectivity index (χ4n) is 9.50. The van der Waals surface area contributed by atoms with Gasteiger partial charge in [0.1, 0.15) is 0 Å². The number of hydrogen-bond acceptors (Lipinski definition) is 4. The van der Waals surface area contributed by atoms with Gasteiger partial charge in [-0.2, -0.15) is 0 Å². The zero-order chi connectivity index (χ0) is 50.0. The van der Waals surface area contributed by atoms with E-state index in [9.17, 15) is 9.59 Å². The van der Waals surface area contributed by atoms with Crippen LogP contribution >= 0.6 is 23.2 Å². The maximum atomic E-state index is 15.1. The number of aryl methyl sites for hydroxylation is 2. The summed E-state index contributed by atoms with van der Waals surface area (Å²) < 4.78 is 0. The predicted octanol–water partition coefficient (Wildman–Crippen LogP) is 17.5. The minimum Gasteiger partial charge on any atom is -0.329 e. The molecule has 3 rings (SSSR count). The number of rotatable bonds is 34. The van der Waals surface area contributed by atoms with Crippen molar-refractivity contribution in [2.75, 3.05) is 26.2 Å². The first-order valence-corrected chi connectivity index (χ1v) is 27.8. The van der Waals surface area contributed by atoms with E-state index in [0.29, 0.717) is 61.1 Å². The molecule has 68 heavy (non-hydrogen) atoms. The van der Waals surface area contributed by atoms with Gasteiger partial charge >= 0.3 is 10.7 Å². The maximum Gasteiger partial charge on any atom is 0.316 e. The highest BCUT2D eigenvalue weighted by atomic mass is 35.5. The summed E-state index contributed by atoms with van der Waals surface area (Å²) in [4.78, 5) is 59.3. The molecule has 0 aromatic heterocycles. The molecule has 0 spiro atoms. The predicted molar refractivity (Wildman–Crippen MR) is 290 cm³/mol. The van der Waals surface area contributed by atoms with Crippen molar-refractivity contribution >= 4 is 45.5 Å². The minimum absolute atomic E-state index is 0.0101. The van der Waals surface area contributed by atoms with E-state index < -0.39 is 10.7 Å². The van der Waals surface area contributed by atoms with E-state index in [4.69, 9.17) is 23.2 Å². The molecule has 0 unspecified atom stereocenters. The highest BCUT2D eigenvalue weighted by Crippen LogP contribution is 2.35. The molecule has 6 nitrogen and oxygen atoms in total. The second-order valence-electron chi connectivity index (χ2n) is 21.8. The van der Waals surface area contributed by atoms with Gasteiger partial charge in [-0.15, -0.1) is 0 Å². The van der Waals surface area contributed by atoms with Crippen molar-refractivity contribution in [3.05, 3.63) is 93.1 Å². The third-order valence-electron chi connectivity index (χ3n) is 14.1. The Hall–Kier alpha value is -3.22. The molecule has 380 valence electrons. The normalized spacial score (nSPS) is 13.5. The van der Waals surface area contributed by atoms with Crippen molar-refractivity contribution in [2.24, 2.45) is 0 Å². The van der Waals surface area contributed by atoms with Gasteiger partial charge in [-0.25, -0.2) is 0 Å². The Balaban J connectivity index is 1.88. The van der Waals surface area contributed by atoms with Gasteiger partial charge in [0.25, 0.3) is 0 Å². The van der Waals surface area contributed by atoms with Crippen LogP contribution in [-0.2, 0) is 33.3 Å².